The lowest BCUT2D eigenvalue weighted by Gasteiger charge is -2.17. The van der Waals surface area contributed by atoms with Gasteiger partial charge in [-0.05, 0) is 46.5 Å². The predicted octanol–water partition coefficient (Wildman–Crippen LogP) is 8.27. The van der Waals surface area contributed by atoms with E-state index in [1.54, 1.807) is 24.3 Å². The van der Waals surface area contributed by atoms with Gasteiger partial charge in [-0.15, -0.1) is 0 Å². The average molecular weight is 766 g/mol. The minimum atomic E-state index is -2.03. The van der Waals surface area contributed by atoms with Crippen LogP contribution in [0.4, 0.5) is 0 Å². The summed E-state index contributed by atoms with van der Waals surface area (Å²) in [5.41, 5.74) is 3.24. The van der Waals surface area contributed by atoms with E-state index in [2.05, 4.69) is 0 Å². The fourth-order valence-corrected chi connectivity index (χ4v) is 5.49. The lowest BCUT2D eigenvalue weighted by atomic mass is 10.1. The van der Waals surface area contributed by atoms with Crippen LogP contribution in [-0.2, 0) is 40.7 Å². The largest absolute Gasteiger partial charge is 0.485 e. The second kappa shape index (κ2) is 19.9. The number of hydrogen-bond acceptors (Lipinski definition) is 11. The summed E-state index contributed by atoms with van der Waals surface area (Å²) in [4.78, 5) is 39.8. The molecule has 0 aliphatic rings. The molecule has 0 fully saturated rings. The highest BCUT2D eigenvalue weighted by molar-refractivity contribution is 6.03. The minimum absolute atomic E-state index is 0.0338. The SMILES string of the molecule is N=C(CC(O)C(=O)OC(=O)c1cccc(OCc2ccccc2)c1OCc1ccccc1)OC(=O)c1cccc(OCc2ccccc2)c1OCc1ccccc1. The standard InChI is InChI=1S/C46H39NO10/c47-41(56-44(49)36-23-13-25-39(52-28-32-15-5-1-6-16-32)42(36)54-30-34-19-9-3-10-20-34)27-38(48)46(51)57-45(50)37-24-14-26-40(53-29-33-17-7-2-8-18-33)43(37)55-31-35-21-11-4-12-22-35/h1-26,38,47-48H,27-31H2. The van der Waals surface area contributed by atoms with Crippen LogP contribution < -0.4 is 18.9 Å². The Hall–Kier alpha value is -7.24. The molecule has 1 unspecified atom stereocenters. The van der Waals surface area contributed by atoms with Crippen LogP contribution in [0.5, 0.6) is 23.0 Å². The van der Waals surface area contributed by atoms with E-state index in [4.69, 9.17) is 33.8 Å². The van der Waals surface area contributed by atoms with E-state index in [1.165, 1.54) is 12.1 Å². The van der Waals surface area contributed by atoms with Crippen molar-refractivity contribution < 1.29 is 47.9 Å². The number of esters is 3. The van der Waals surface area contributed by atoms with Crippen molar-refractivity contribution in [1.82, 2.24) is 0 Å². The van der Waals surface area contributed by atoms with E-state index in [9.17, 15) is 19.5 Å². The number of aliphatic hydroxyl groups is 1. The van der Waals surface area contributed by atoms with Gasteiger partial charge in [0.05, 0.1) is 6.42 Å². The van der Waals surface area contributed by atoms with Crippen molar-refractivity contribution in [3.05, 3.63) is 191 Å². The number of benzene rings is 6. The number of ether oxygens (including phenoxy) is 6. The van der Waals surface area contributed by atoms with Crippen LogP contribution >= 0.6 is 0 Å². The smallest absolute Gasteiger partial charge is 0.349 e. The fourth-order valence-electron chi connectivity index (χ4n) is 5.49. The van der Waals surface area contributed by atoms with Crippen LogP contribution in [0.1, 0.15) is 49.4 Å². The number of hydrogen-bond donors (Lipinski definition) is 2. The van der Waals surface area contributed by atoms with Gasteiger partial charge in [-0.1, -0.05) is 133 Å². The number of nitrogens with one attached hydrogen (secondary N) is 1. The monoisotopic (exact) mass is 765 g/mol. The molecular weight excluding hydrogens is 727 g/mol. The molecule has 0 bridgehead atoms. The number of aliphatic hydroxyl groups excluding tert-OH is 1. The zero-order chi connectivity index (χ0) is 39.8. The van der Waals surface area contributed by atoms with Crippen LogP contribution in [0.25, 0.3) is 0 Å². The Kier molecular flexibility index (Phi) is 13.8. The van der Waals surface area contributed by atoms with Crippen LogP contribution in [0.2, 0.25) is 0 Å². The molecule has 0 saturated carbocycles. The van der Waals surface area contributed by atoms with Gasteiger partial charge in [0.15, 0.2) is 35.0 Å². The summed E-state index contributed by atoms with van der Waals surface area (Å²) in [5, 5.41) is 19.0. The summed E-state index contributed by atoms with van der Waals surface area (Å²) in [6.45, 7) is 0.539. The highest BCUT2D eigenvalue weighted by Crippen LogP contribution is 2.35. The first-order valence-corrected chi connectivity index (χ1v) is 18.0. The van der Waals surface area contributed by atoms with Gasteiger partial charge in [-0.2, -0.15) is 0 Å². The third-order valence-electron chi connectivity index (χ3n) is 8.38. The molecule has 0 aliphatic carbocycles. The number of para-hydroxylation sites is 2. The molecule has 0 heterocycles. The Morgan fingerprint density at radius 1 is 0.456 bits per heavy atom. The Morgan fingerprint density at radius 2 is 0.807 bits per heavy atom. The van der Waals surface area contributed by atoms with Gasteiger partial charge in [0, 0.05) is 0 Å². The molecule has 57 heavy (non-hydrogen) atoms. The normalized spacial score (nSPS) is 11.1. The first-order chi connectivity index (χ1) is 27.8. The van der Waals surface area contributed by atoms with Crippen molar-refractivity contribution in [2.24, 2.45) is 0 Å². The minimum Gasteiger partial charge on any atom is -0.485 e. The molecule has 1 atom stereocenters. The summed E-state index contributed by atoms with van der Waals surface area (Å²) in [6.07, 6.45) is -2.81. The molecule has 11 nitrogen and oxygen atoms in total. The number of carbonyl (C=O) groups is 3. The molecule has 6 aromatic carbocycles. The fraction of sp³-hybridized carbons (Fsp3) is 0.130. The summed E-state index contributed by atoms with van der Waals surface area (Å²) < 4.78 is 34.4. The molecule has 0 radical (unpaired) electrons. The highest BCUT2D eigenvalue weighted by Gasteiger charge is 2.28. The van der Waals surface area contributed by atoms with E-state index >= 15 is 0 Å². The molecular formula is C46H39NO10. The predicted molar refractivity (Wildman–Crippen MR) is 210 cm³/mol. The van der Waals surface area contributed by atoms with Crippen molar-refractivity contribution in [3.63, 3.8) is 0 Å². The van der Waals surface area contributed by atoms with E-state index in [0.29, 0.717) is 0 Å². The van der Waals surface area contributed by atoms with Gasteiger partial charge in [0.25, 0.3) is 0 Å². The first kappa shape index (κ1) is 39.5. The molecule has 0 aromatic heterocycles. The van der Waals surface area contributed by atoms with Gasteiger partial charge in [-0.3, -0.25) is 5.41 Å². The van der Waals surface area contributed by atoms with Gasteiger partial charge in [-0.25, -0.2) is 14.4 Å². The quantitative estimate of drug-likeness (QED) is 0.0402. The Balaban J connectivity index is 1.11. The van der Waals surface area contributed by atoms with E-state index < -0.39 is 36.3 Å². The maximum Gasteiger partial charge on any atom is 0.349 e. The maximum atomic E-state index is 13.4. The molecule has 6 aromatic rings. The van der Waals surface area contributed by atoms with Crippen LogP contribution in [0, 0.1) is 5.41 Å². The molecule has 2 N–H and O–H groups in total. The van der Waals surface area contributed by atoms with Gasteiger partial charge in [0.1, 0.15) is 37.6 Å². The molecule has 0 aliphatic heterocycles. The number of carbonyl (C=O) groups excluding carboxylic acids is 3. The van der Waals surface area contributed by atoms with E-state index in [-0.39, 0.29) is 60.6 Å². The molecule has 0 saturated heterocycles. The molecule has 11 heteroatoms. The van der Waals surface area contributed by atoms with Crippen molar-refractivity contribution >= 4 is 23.8 Å². The van der Waals surface area contributed by atoms with Gasteiger partial charge >= 0.3 is 17.9 Å². The van der Waals surface area contributed by atoms with E-state index in [1.807, 2.05) is 121 Å². The Labute approximate surface area is 329 Å². The van der Waals surface area contributed by atoms with E-state index in [0.717, 1.165) is 22.3 Å². The lowest BCUT2D eigenvalue weighted by Crippen LogP contribution is -2.29. The summed E-state index contributed by atoms with van der Waals surface area (Å²) in [6, 6.07) is 46.6. The maximum absolute atomic E-state index is 13.4. The lowest BCUT2D eigenvalue weighted by molar-refractivity contribution is -0.147. The number of rotatable bonds is 17. The third kappa shape index (κ3) is 11.4. The zero-order valence-electron chi connectivity index (χ0n) is 30.7. The average Bonchev–Trinajstić information content (AvgIpc) is 3.24. The second-order valence-electron chi connectivity index (χ2n) is 12.6. The Morgan fingerprint density at radius 3 is 1.19 bits per heavy atom. The van der Waals surface area contributed by atoms with Crippen LogP contribution in [0.3, 0.4) is 0 Å². The van der Waals surface area contributed by atoms with Gasteiger partial charge in [0.2, 0.25) is 0 Å². The molecule has 0 amide bonds. The summed E-state index contributed by atoms with van der Waals surface area (Å²) in [5.74, 6) is -3.63. The zero-order valence-corrected chi connectivity index (χ0v) is 30.7. The third-order valence-corrected chi connectivity index (χ3v) is 8.38. The van der Waals surface area contributed by atoms with Crippen molar-refractivity contribution in [2.45, 2.75) is 39.0 Å². The molecule has 6 rings (SSSR count). The highest BCUT2D eigenvalue weighted by atomic mass is 16.6. The van der Waals surface area contributed by atoms with Crippen molar-refractivity contribution in [2.75, 3.05) is 0 Å². The summed E-state index contributed by atoms with van der Waals surface area (Å²) in [7, 11) is 0. The van der Waals surface area contributed by atoms with Gasteiger partial charge < -0.3 is 33.5 Å². The second-order valence-corrected chi connectivity index (χ2v) is 12.6. The first-order valence-electron chi connectivity index (χ1n) is 18.0. The van der Waals surface area contributed by atoms with Crippen molar-refractivity contribution in [1.29, 1.82) is 5.41 Å². The Bertz CT molecular complexity index is 2270. The molecule has 288 valence electrons. The summed E-state index contributed by atoms with van der Waals surface area (Å²) >= 11 is 0. The molecule has 0 spiro atoms. The van der Waals surface area contributed by atoms with Crippen LogP contribution in [-0.4, -0.2) is 35.0 Å². The van der Waals surface area contributed by atoms with Crippen LogP contribution in [0.15, 0.2) is 158 Å². The van der Waals surface area contributed by atoms with Crippen molar-refractivity contribution in [3.8, 4) is 23.0 Å². The topological polar surface area (TPSA) is 151 Å².